The van der Waals surface area contributed by atoms with E-state index in [4.69, 9.17) is 0 Å². The van der Waals surface area contributed by atoms with Crippen LogP contribution in [0.5, 0.6) is 0 Å². The molecule has 2 aromatic heterocycles. The Hall–Kier alpha value is -2.63. The lowest BCUT2D eigenvalue weighted by molar-refractivity contribution is -0.137. The topological polar surface area (TPSA) is 45.8 Å². The zero-order chi connectivity index (χ0) is 15.0. The normalized spacial score (nSPS) is 11.8. The van der Waals surface area contributed by atoms with Gasteiger partial charge in [0.15, 0.2) is 5.78 Å². The molecular formula is C15H9F3N2O. The van der Waals surface area contributed by atoms with Gasteiger partial charge in [-0.3, -0.25) is 9.78 Å². The van der Waals surface area contributed by atoms with Gasteiger partial charge in [-0.2, -0.15) is 13.2 Å². The fraction of sp³-hybridized carbons (Fsp3) is 0.0667. The summed E-state index contributed by atoms with van der Waals surface area (Å²) in [6.07, 6.45) is 0.0804. The van der Waals surface area contributed by atoms with Gasteiger partial charge in [0.1, 0.15) is 0 Å². The Balaban J connectivity index is 2.07. The van der Waals surface area contributed by atoms with E-state index in [1.807, 2.05) is 0 Å². The predicted octanol–water partition coefficient (Wildman–Crippen LogP) is 3.81. The van der Waals surface area contributed by atoms with E-state index in [2.05, 4.69) is 9.97 Å². The average Bonchev–Trinajstić information content (AvgIpc) is 2.90. The maximum absolute atomic E-state index is 12.7. The van der Waals surface area contributed by atoms with E-state index in [9.17, 15) is 18.0 Å². The molecule has 0 aliphatic carbocycles. The maximum Gasteiger partial charge on any atom is 0.416 e. The maximum atomic E-state index is 12.7. The monoisotopic (exact) mass is 290 g/mol. The molecule has 0 unspecified atom stereocenters. The minimum Gasteiger partial charge on any atom is -0.360 e. The second kappa shape index (κ2) is 4.73. The van der Waals surface area contributed by atoms with Gasteiger partial charge in [-0.25, -0.2) is 0 Å². The first-order valence-corrected chi connectivity index (χ1v) is 6.10. The average molecular weight is 290 g/mol. The molecule has 0 bridgehead atoms. The van der Waals surface area contributed by atoms with Crippen LogP contribution in [-0.2, 0) is 6.18 Å². The first-order valence-electron chi connectivity index (χ1n) is 6.10. The molecule has 2 heterocycles. The van der Waals surface area contributed by atoms with Gasteiger partial charge in [0.2, 0.25) is 0 Å². The Morgan fingerprint density at radius 1 is 1.19 bits per heavy atom. The summed E-state index contributed by atoms with van der Waals surface area (Å²) in [7, 11) is 0. The third kappa shape index (κ3) is 2.40. The highest BCUT2D eigenvalue weighted by Gasteiger charge is 2.31. The first-order chi connectivity index (χ1) is 9.97. The van der Waals surface area contributed by atoms with Gasteiger partial charge in [0.25, 0.3) is 0 Å². The van der Waals surface area contributed by atoms with Crippen molar-refractivity contribution in [3.05, 3.63) is 65.6 Å². The van der Waals surface area contributed by atoms with Crippen LogP contribution in [0.2, 0.25) is 0 Å². The fourth-order valence-electron chi connectivity index (χ4n) is 2.14. The molecule has 3 aromatic rings. The van der Waals surface area contributed by atoms with Crippen molar-refractivity contribution < 1.29 is 18.0 Å². The molecular weight excluding hydrogens is 281 g/mol. The summed E-state index contributed by atoms with van der Waals surface area (Å²) < 4.78 is 38.1. The van der Waals surface area contributed by atoms with E-state index < -0.39 is 17.5 Å². The van der Waals surface area contributed by atoms with Gasteiger partial charge in [-0.15, -0.1) is 0 Å². The summed E-state index contributed by atoms with van der Waals surface area (Å²) in [5.41, 5.74) is 0.165. The van der Waals surface area contributed by atoms with E-state index >= 15 is 0 Å². The lowest BCUT2D eigenvalue weighted by atomic mass is 10.0. The van der Waals surface area contributed by atoms with E-state index in [1.54, 1.807) is 12.3 Å². The number of halogens is 3. The van der Waals surface area contributed by atoms with Gasteiger partial charge < -0.3 is 4.98 Å². The molecule has 0 atom stereocenters. The number of aromatic amines is 1. The number of hydrogen-bond donors (Lipinski definition) is 1. The minimum absolute atomic E-state index is 0.00502. The van der Waals surface area contributed by atoms with Crippen LogP contribution in [0.15, 0.2) is 48.9 Å². The summed E-state index contributed by atoms with van der Waals surface area (Å²) in [5, 5.41) is 0.583. The van der Waals surface area contributed by atoms with Crippen LogP contribution in [0.1, 0.15) is 21.5 Å². The van der Waals surface area contributed by atoms with Gasteiger partial charge in [-0.1, -0.05) is 12.1 Å². The molecule has 3 rings (SSSR count). The molecule has 0 spiro atoms. The highest BCUT2D eigenvalue weighted by atomic mass is 19.4. The molecule has 106 valence electrons. The molecule has 0 radical (unpaired) electrons. The third-order valence-corrected chi connectivity index (χ3v) is 3.18. The van der Waals surface area contributed by atoms with Crippen molar-refractivity contribution in [3.8, 4) is 0 Å². The Kier molecular flexibility index (Phi) is 3.01. The molecule has 0 amide bonds. The van der Waals surface area contributed by atoms with Crippen molar-refractivity contribution in [3.63, 3.8) is 0 Å². The standard InChI is InChI=1S/C15H9F3N2O/c16-15(17,18)10-3-1-2-9(6-10)14(21)12-8-20-13-4-5-19-7-11(12)13/h1-8,20H. The summed E-state index contributed by atoms with van der Waals surface area (Å²) in [6.45, 7) is 0. The first kappa shape index (κ1) is 13.4. The summed E-state index contributed by atoms with van der Waals surface area (Å²) >= 11 is 0. The summed E-state index contributed by atoms with van der Waals surface area (Å²) in [6, 6.07) is 6.08. The summed E-state index contributed by atoms with van der Waals surface area (Å²) in [4.78, 5) is 19.2. The fourth-order valence-corrected chi connectivity index (χ4v) is 2.14. The van der Waals surface area contributed by atoms with E-state index in [1.165, 1.54) is 24.5 Å². The lowest BCUT2D eigenvalue weighted by Gasteiger charge is -2.07. The smallest absolute Gasteiger partial charge is 0.360 e. The predicted molar refractivity (Wildman–Crippen MR) is 71.0 cm³/mol. The lowest BCUT2D eigenvalue weighted by Crippen LogP contribution is -2.08. The Morgan fingerprint density at radius 3 is 2.76 bits per heavy atom. The molecule has 6 heteroatoms. The largest absolute Gasteiger partial charge is 0.416 e. The van der Waals surface area contributed by atoms with Crippen molar-refractivity contribution in [2.75, 3.05) is 0 Å². The molecule has 3 nitrogen and oxygen atoms in total. The van der Waals surface area contributed by atoms with Crippen molar-refractivity contribution in [2.24, 2.45) is 0 Å². The highest BCUT2D eigenvalue weighted by Crippen LogP contribution is 2.30. The van der Waals surface area contributed by atoms with Crippen LogP contribution in [0.4, 0.5) is 13.2 Å². The van der Waals surface area contributed by atoms with E-state index in [0.29, 0.717) is 16.5 Å². The number of carbonyl (C=O) groups is 1. The van der Waals surface area contributed by atoms with Gasteiger partial charge in [0, 0.05) is 40.6 Å². The summed E-state index contributed by atoms with van der Waals surface area (Å²) in [5.74, 6) is -0.472. The number of H-pyrrole nitrogens is 1. The van der Waals surface area contributed by atoms with Gasteiger partial charge >= 0.3 is 6.18 Å². The highest BCUT2D eigenvalue weighted by molar-refractivity contribution is 6.16. The van der Waals surface area contributed by atoms with Crippen molar-refractivity contribution in [1.29, 1.82) is 0 Å². The molecule has 0 aliphatic heterocycles. The molecule has 0 aliphatic rings. The van der Waals surface area contributed by atoms with Crippen LogP contribution < -0.4 is 0 Å². The molecule has 21 heavy (non-hydrogen) atoms. The second-order valence-electron chi connectivity index (χ2n) is 4.53. The van der Waals surface area contributed by atoms with Crippen LogP contribution in [0, 0.1) is 0 Å². The number of nitrogens with one attached hydrogen (secondary N) is 1. The van der Waals surface area contributed by atoms with E-state index in [0.717, 1.165) is 12.1 Å². The van der Waals surface area contributed by atoms with Crippen LogP contribution in [0.3, 0.4) is 0 Å². The van der Waals surface area contributed by atoms with Crippen molar-refractivity contribution in [1.82, 2.24) is 9.97 Å². The number of aromatic nitrogens is 2. The third-order valence-electron chi connectivity index (χ3n) is 3.18. The Morgan fingerprint density at radius 2 is 2.00 bits per heavy atom. The van der Waals surface area contributed by atoms with Crippen LogP contribution in [0.25, 0.3) is 10.9 Å². The number of carbonyl (C=O) groups excluding carboxylic acids is 1. The number of ketones is 1. The molecule has 0 saturated heterocycles. The zero-order valence-electron chi connectivity index (χ0n) is 10.6. The number of fused-ring (bicyclic) bond motifs is 1. The number of rotatable bonds is 2. The number of alkyl halides is 3. The van der Waals surface area contributed by atoms with Gasteiger partial charge in [0.05, 0.1) is 5.56 Å². The van der Waals surface area contributed by atoms with E-state index in [-0.39, 0.29) is 5.56 Å². The molecule has 1 N–H and O–H groups in total. The SMILES string of the molecule is O=C(c1cccc(C(F)(F)F)c1)c1c[nH]c2ccncc12. The Bertz CT molecular complexity index is 821. The second-order valence-corrected chi connectivity index (χ2v) is 4.53. The van der Waals surface area contributed by atoms with Crippen LogP contribution in [-0.4, -0.2) is 15.8 Å². The number of pyridine rings is 1. The van der Waals surface area contributed by atoms with Crippen molar-refractivity contribution >= 4 is 16.7 Å². The molecule has 0 saturated carbocycles. The minimum atomic E-state index is -4.47. The number of benzene rings is 1. The van der Waals surface area contributed by atoms with Crippen molar-refractivity contribution in [2.45, 2.75) is 6.18 Å². The number of nitrogens with zero attached hydrogens (tertiary/aromatic N) is 1. The number of hydrogen-bond acceptors (Lipinski definition) is 2. The molecule has 1 aromatic carbocycles. The molecule has 0 fully saturated rings. The quantitative estimate of drug-likeness (QED) is 0.729. The zero-order valence-corrected chi connectivity index (χ0v) is 10.6. The Labute approximate surface area is 117 Å². The van der Waals surface area contributed by atoms with Crippen LogP contribution >= 0.6 is 0 Å². The van der Waals surface area contributed by atoms with Gasteiger partial charge in [-0.05, 0) is 18.2 Å².